The lowest BCUT2D eigenvalue weighted by Gasteiger charge is -2.41. The van der Waals surface area contributed by atoms with Crippen molar-refractivity contribution >= 4 is 33.9 Å². The standard InChI is InChI=1S/C22H25ClF2N4O2S/c23-15-2-4-16(5-3-15)29-10-6-14(7-11-29)19-26-18-17(32(31)13-22(18,24)25)20(27-19)28-21(12-30)8-1-9-21/h2-5,14,30H,1,6-13H2,(H,26,27,28). The SMILES string of the molecule is O=S1CC(F)(F)c2nc(C3CCN(c4ccc(Cl)cc4)CC3)nc(NC3(CO)CCC3)c21. The molecule has 2 aromatic rings. The Labute approximate surface area is 192 Å². The third-order valence-corrected chi connectivity index (χ3v) is 8.54. The Balaban J connectivity index is 1.43. The fourth-order valence-corrected chi connectivity index (χ4v) is 6.19. The van der Waals surface area contributed by atoms with Gasteiger partial charge in [0.15, 0.2) is 0 Å². The fraction of sp³-hybridized carbons (Fsp3) is 0.545. The van der Waals surface area contributed by atoms with Gasteiger partial charge in [-0.2, -0.15) is 8.78 Å². The molecule has 1 atom stereocenters. The van der Waals surface area contributed by atoms with Crippen LogP contribution in [0.1, 0.15) is 49.5 Å². The van der Waals surface area contributed by atoms with E-state index in [1.807, 2.05) is 24.3 Å². The van der Waals surface area contributed by atoms with Crippen LogP contribution in [0.25, 0.3) is 0 Å². The summed E-state index contributed by atoms with van der Waals surface area (Å²) >= 11 is 5.98. The van der Waals surface area contributed by atoms with Crippen molar-refractivity contribution in [1.82, 2.24) is 9.97 Å². The van der Waals surface area contributed by atoms with Crippen LogP contribution in [-0.2, 0) is 16.7 Å². The Morgan fingerprint density at radius 2 is 1.88 bits per heavy atom. The number of nitrogens with zero attached hydrogens (tertiary/aromatic N) is 3. The van der Waals surface area contributed by atoms with Gasteiger partial charge in [0.1, 0.15) is 22.2 Å². The molecular formula is C22H25ClF2N4O2S. The normalized spacial score (nSPS) is 24.1. The van der Waals surface area contributed by atoms with E-state index in [-0.39, 0.29) is 23.2 Å². The van der Waals surface area contributed by atoms with E-state index in [4.69, 9.17) is 11.6 Å². The van der Waals surface area contributed by atoms with Crippen LogP contribution in [0.4, 0.5) is 20.3 Å². The number of halogens is 3. The lowest BCUT2D eigenvalue weighted by molar-refractivity contribution is 0.0187. The van der Waals surface area contributed by atoms with Crippen LogP contribution >= 0.6 is 11.6 Å². The van der Waals surface area contributed by atoms with Gasteiger partial charge in [-0.1, -0.05) is 11.6 Å². The molecule has 0 bridgehead atoms. The first-order valence-electron chi connectivity index (χ1n) is 10.9. The maximum Gasteiger partial charge on any atom is 0.302 e. The quantitative estimate of drug-likeness (QED) is 0.669. The summed E-state index contributed by atoms with van der Waals surface area (Å²) in [6, 6.07) is 7.65. The molecule has 1 aromatic carbocycles. The van der Waals surface area contributed by atoms with E-state index in [2.05, 4.69) is 20.2 Å². The number of hydrogen-bond acceptors (Lipinski definition) is 6. The second-order valence-electron chi connectivity index (χ2n) is 8.96. The van der Waals surface area contributed by atoms with Crippen molar-refractivity contribution in [3.63, 3.8) is 0 Å². The lowest BCUT2D eigenvalue weighted by atomic mass is 9.77. The van der Waals surface area contributed by atoms with Crippen molar-refractivity contribution in [2.45, 2.75) is 54.4 Å². The summed E-state index contributed by atoms with van der Waals surface area (Å²) < 4.78 is 41.9. The van der Waals surface area contributed by atoms with Gasteiger partial charge in [-0.15, -0.1) is 0 Å². The van der Waals surface area contributed by atoms with Crippen LogP contribution in [0, 0.1) is 0 Å². The Morgan fingerprint density at radius 3 is 2.47 bits per heavy atom. The van der Waals surface area contributed by atoms with Crippen LogP contribution in [0.15, 0.2) is 29.2 Å². The van der Waals surface area contributed by atoms with Gasteiger partial charge < -0.3 is 15.3 Å². The number of aliphatic hydroxyl groups excluding tert-OH is 1. The van der Waals surface area contributed by atoms with Crippen LogP contribution in [-0.4, -0.2) is 50.3 Å². The molecule has 0 radical (unpaired) electrons. The molecule has 6 nitrogen and oxygen atoms in total. The molecule has 5 rings (SSSR count). The highest BCUT2D eigenvalue weighted by Crippen LogP contribution is 2.45. The number of aromatic nitrogens is 2. The number of alkyl halides is 2. The van der Waals surface area contributed by atoms with Crippen molar-refractivity contribution in [2.75, 3.05) is 35.7 Å². The molecule has 1 unspecified atom stereocenters. The number of benzene rings is 1. The zero-order chi connectivity index (χ0) is 22.5. The Kier molecular flexibility index (Phi) is 5.62. The topological polar surface area (TPSA) is 78.4 Å². The van der Waals surface area contributed by atoms with Gasteiger partial charge in [-0.05, 0) is 56.4 Å². The summed E-state index contributed by atoms with van der Waals surface area (Å²) in [6.07, 6.45) is 3.83. The molecule has 2 N–H and O–H groups in total. The summed E-state index contributed by atoms with van der Waals surface area (Å²) in [5, 5.41) is 13.7. The lowest BCUT2D eigenvalue weighted by Crippen LogP contribution is -2.48. The highest BCUT2D eigenvalue weighted by atomic mass is 35.5. The van der Waals surface area contributed by atoms with E-state index in [0.29, 0.717) is 10.8 Å². The van der Waals surface area contributed by atoms with Gasteiger partial charge in [0.2, 0.25) is 0 Å². The van der Waals surface area contributed by atoms with Crippen LogP contribution in [0.3, 0.4) is 0 Å². The zero-order valence-electron chi connectivity index (χ0n) is 17.5. The number of hydrogen-bond donors (Lipinski definition) is 2. The van der Waals surface area contributed by atoms with E-state index < -0.39 is 33.7 Å². The third-order valence-electron chi connectivity index (χ3n) is 6.82. The van der Waals surface area contributed by atoms with Gasteiger partial charge in [0, 0.05) is 29.7 Å². The number of piperidine rings is 1. The molecule has 10 heteroatoms. The molecule has 1 saturated carbocycles. The summed E-state index contributed by atoms with van der Waals surface area (Å²) in [5.74, 6) is -3.51. The minimum Gasteiger partial charge on any atom is -0.394 e. The molecule has 1 aromatic heterocycles. The molecule has 3 aliphatic rings. The molecule has 32 heavy (non-hydrogen) atoms. The first-order valence-corrected chi connectivity index (χ1v) is 12.6. The number of aliphatic hydroxyl groups is 1. The number of anilines is 2. The molecule has 172 valence electrons. The van der Waals surface area contributed by atoms with Crippen molar-refractivity contribution < 1.29 is 18.1 Å². The maximum absolute atomic E-state index is 14.7. The molecule has 1 aliphatic carbocycles. The second-order valence-corrected chi connectivity index (χ2v) is 10.8. The Hall–Kier alpha value is -1.84. The Bertz CT molecular complexity index is 1040. The number of rotatable bonds is 5. The molecule has 3 heterocycles. The molecule has 1 saturated heterocycles. The predicted molar refractivity (Wildman–Crippen MR) is 120 cm³/mol. The summed E-state index contributed by atoms with van der Waals surface area (Å²) in [5.41, 5.74) is 0.0668. The molecule has 2 fully saturated rings. The van der Waals surface area contributed by atoms with Crippen LogP contribution < -0.4 is 10.2 Å². The number of nitrogens with one attached hydrogen (secondary N) is 1. The highest BCUT2D eigenvalue weighted by Gasteiger charge is 2.49. The maximum atomic E-state index is 14.7. The average molecular weight is 483 g/mol. The highest BCUT2D eigenvalue weighted by molar-refractivity contribution is 7.85. The van der Waals surface area contributed by atoms with E-state index >= 15 is 0 Å². The molecule has 0 spiro atoms. The average Bonchev–Trinajstić information content (AvgIpc) is 2.99. The minimum absolute atomic E-state index is 0.00271. The van der Waals surface area contributed by atoms with Crippen molar-refractivity contribution in [3.8, 4) is 0 Å². The van der Waals surface area contributed by atoms with Gasteiger partial charge in [0.05, 0.1) is 28.7 Å². The summed E-state index contributed by atoms with van der Waals surface area (Å²) in [4.78, 5) is 11.1. The first kappa shape index (κ1) is 22.0. The smallest absolute Gasteiger partial charge is 0.302 e. The fourth-order valence-electron chi connectivity index (χ4n) is 4.73. The largest absolute Gasteiger partial charge is 0.394 e. The van der Waals surface area contributed by atoms with Crippen LogP contribution in [0.5, 0.6) is 0 Å². The zero-order valence-corrected chi connectivity index (χ0v) is 19.1. The monoisotopic (exact) mass is 482 g/mol. The van der Waals surface area contributed by atoms with E-state index in [1.165, 1.54) is 0 Å². The number of fused-ring (bicyclic) bond motifs is 1. The van der Waals surface area contributed by atoms with Crippen molar-refractivity contribution in [3.05, 3.63) is 40.8 Å². The predicted octanol–water partition coefficient (Wildman–Crippen LogP) is 4.05. The van der Waals surface area contributed by atoms with E-state index in [1.54, 1.807) is 0 Å². The van der Waals surface area contributed by atoms with Gasteiger partial charge in [0.25, 0.3) is 0 Å². The third kappa shape index (κ3) is 3.88. The van der Waals surface area contributed by atoms with Gasteiger partial charge in [-0.3, -0.25) is 4.21 Å². The minimum atomic E-state index is -3.25. The first-order chi connectivity index (χ1) is 15.3. The Morgan fingerprint density at radius 1 is 1.19 bits per heavy atom. The molecule has 0 amide bonds. The second kappa shape index (κ2) is 8.18. The van der Waals surface area contributed by atoms with E-state index in [0.717, 1.165) is 50.9 Å². The molecule has 2 aliphatic heterocycles. The van der Waals surface area contributed by atoms with Crippen molar-refractivity contribution in [1.29, 1.82) is 0 Å². The van der Waals surface area contributed by atoms with Gasteiger partial charge in [-0.25, -0.2) is 9.97 Å². The van der Waals surface area contributed by atoms with Crippen LogP contribution in [0.2, 0.25) is 5.02 Å². The van der Waals surface area contributed by atoms with Gasteiger partial charge >= 0.3 is 5.92 Å². The summed E-state index contributed by atoms with van der Waals surface area (Å²) in [6.45, 7) is 1.38. The van der Waals surface area contributed by atoms with Crippen molar-refractivity contribution in [2.24, 2.45) is 0 Å². The summed E-state index contributed by atoms with van der Waals surface area (Å²) in [7, 11) is -1.88. The molecular weight excluding hydrogens is 458 g/mol. The van der Waals surface area contributed by atoms with E-state index in [9.17, 15) is 18.1 Å².